The number of hydrogen-bond donors (Lipinski definition) is 2. The normalized spacial score (nSPS) is 14.5. The van der Waals surface area contributed by atoms with Gasteiger partial charge in [-0.15, -0.1) is 0 Å². The first kappa shape index (κ1) is 13.6. The zero-order valence-corrected chi connectivity index (χ0v) is 11.9. The molecule has 1 aliphatic heterocycles. The lowest BCUT2D eigenvalue weighted by atomic mass is 9.97. The van der Waals surface area contributed by atoms with Crippen molar-refractivity contribution in [1.82, 2.24) is 0 Å². The molecule has 1 atom stereocenters. The van der Waals surface area contributed by atoms with Gasteiger partial charge in [-0.3, -0.25) is 4.79 Å². The van der Waals surface area contributed by atoms with E-state index in [1.54, 1.807) is 7.11 Å². The molecule has 0 radical (unpaired) electrons. The number of ether oxygens (including phenoxy) is 1. The van der Waals surface area contributed by atoms with Gasteiger partial charge >= 0.3 is 0 Å². The lowest BCUT2D eigenvalue weighted by Gasteiger charge is -2.14. The van der Waals surface area contributed by atoms with Crippen LogP contribution in [0.2, 0.25) is 0 Å². The summed E-state index contributed by atoms with van der Waals surface area (Å²) in [5.41, 5.74) is 10.4. The number of amides is 1. The molecular weight excluding hydrogens is 264 g/mol. The Hall–Kier alpha value is -2.33. The van der Waals surface area contributed by atoms with E-state index in [1.807, 2.05) is 42.5 Å². The molecule has 1 heterocycles. The molecule has 21 heavy (non-hydrogen) atoms. The number of anilines is 1. The number of benzene rings is 2. The minimum absolute atomic E-state index is 0.0449. The van der Waals surface area contributed by atoms with Gasteiger partial charge in [0.2, 0.25) is 5.91 Å². The largest absolute Gasteiger partial charge is 0.497 e. The van der Waals surface area contributed by atoms with E-state index in [1.165, 1.54) is 0 Å². The maximum Gasteiger partial charge on any atom is 0.228 e. The van der Waals surface area contributed by atoms with Crippen molar-refractivity contribution in [2.24, 2.45) is 5.73 Å². The van der Waals surface area contributed by atoms with Gasteiger partial charge in [-0.2, -0.15) is 0 Å². The van der Waals surface area contributed by atoms with Gasteiger partial charge in [0.15, 0.2) is 0 Å². The van der Waals surface area contributed by atoms with Gasteiger partial charge in [0.1, 0.15) is 5.75 Å². The summed E-state index contributed by atoms with van der Waals surface area (Å²) in [5, 5.41) is 2.83. The molecule has 1 aliphatic rings. The lowest BCUT2D eigenvalue weighted by Crippen LogP contribution is -2.13. The molecule has 0 saturated carbocycles. The second kappa shape index (κ2) is 5.58. The van der Waals surface area contributed by atoms with Crippen LogP contribution in [-0.2, 0) is 17.6 Å². The first-order valence-corrected chi connectivity index (χ1v) is 6.97. The van der Waals surface area contributed by atoms with Gasteiger partial charge in [0.05, 0.1) is 13.5 Å². The average molecular weight is 282 g/mol. The van der Waals surface area contributed by atoms with E-state index >= 15 is 0 Å². The molecule has 0 saturated heterocycles. The Kier molecular flexibility index (Phi) is 3.62. The molecule has 3 rings (SSSR count). The van der Waals surface area contributed by atoms with Crippen molar-refractivity contribution in [1.29, 1.82) is 0 Å². The zero-order valence-electron chi connectivity index (χ0n) is 11.9. The van der Waals surface area contributed by atoms with Gasteiger partial charge < -0.3 is 15.8 Å². The van der Waals surface area contributed by atoms with Crippen LogP contribution in [0.5, 0.6) is 5.75 Å². The smallest absolute Gasteiger partial charge is 0.228 e. The highest BCUT2D eigenvalue weighted by Crippen LogP contribution is 2.27. The van der Waals surface area contributed by atoms with E-state index < -0.39 is 0 Å². The van der Waals surface area contributed by atoms with E-state index in [9.17, 15) is 4.79 Å². The second-order valence-corrected chi connectivity index (χ2v) is 5.30. The summed E-state index contributed by atoms with van der Waals surface area (Å²) < 4.78 is 5.23. The molecule has 1 unspecified atom stereocenters. The summed E-state index contributed by atoms with van der Waals surface area (Å²) in [5.74, 6) is 0.881. The highest BCUT2D eigenvalue weighted by molar-refractivity contribution is 5.99. The van der Waals surface area contributed by atoms with E-state index in [0.717, 1.165) is 34.5 Å². The summed E-state index contributed by atoms with van der Waals surface area (Å²) in [6.07, 6.45) is 1.17. The Bertz CT molecular complexity index is 682. The summed E-state index contributed by atoms with van der Waals surface area (Å²) in [6, 6.07) is 13.8. The van der Waals surface area contributed by atoms with E-state index in [-0.39, 0.29) is 11.9 Å². The highest BCUT2D eigenvalue weighted by Gasteiger charge is 2.19. The van der Waals surface area contributed by atoms with E-state index in [0.29, 0.717) is 6.42 Å². The average Bonchev–Trinajstić information content (AvgIpc) is 2.86. The first-order chi connectivity index (χ1) is 10.2. The van der Waals surface area contributed by atoms with Crippen LogP contribution in [0.1, 0.15) is 22.7 Å². The number of carbonyl (C=O) groups excluding carboxylic acids is 1. The summed E-state index contributed by atoms with van der Waals surface area (Å²) in [6.45, 7) is 0. The van der Waals surface area contributed by atoms with Crippen LogP contribution in [0.4, 0.5) is 5.69 Å². The number of methoxy groups -OCH3 is 1. The van der Waals surface area contributed by atoms with Crippen molar-refractivity contribution in [3.8, 4) is 5.75 Å². The minimum Gasteiger partial charge on any atom is -0.497 e. The zero-order chi connectivity index (χ0) is 14.8. The molecule has 4 nitrogen and oxygen atoms in total. The Morgan fingerprint density at radius 2 is 2.14 bits per heavy atom. The predicted octanol–water partition coefficient (Wildman–Crippen LogP) is 2.43. The van der Waals surface area contributed by atoms with Gasteiger partial charge in [-0.25, -0.2) is 0 Å². The number of hydrogen-bond acceptors (Lipinski definition) is 3. The van der Waals surface area contributed by atoms with Crippen molar-refractivity contribution in [2.45, 2.75) is 18.9 Å². The monoisotopic (exact) mass is 282 g/mol. The molecule has 0 fully saturated rings. The fraction of sp³-hybridized carbons (Fsp3) is 0.235. The number of nitrogens with one attached hydrogen (secondary N) is 1. The number of nitrogens with two attached hydrogens (primary N) is 1. The van der Waals surface area contributed by atoms with E-state index in [2.05, 4.69) is 5.32 Å². The molecule has 2 aromatic rings. The van der Waals surface area contributed by atoms with Crippen molar-refractivity contribution < 1.29 is 9.53 Å². The molecule has 3 N–H and O–H groups in total. The summed E-state index contributed by atoms with van der Waals surface area (Å²) in [7, 11) is 1.66. The van der Waals surface area contributed by atoms with Crippen molar-refractivity contribution >= 4 is 11.6 Å². The topological polar surface area (TPSA) is 64.3 Å². The quantitative estimate of drug-likeness (QED) is 0.905. The Morgan fingerprint density at radius 3 is 2.95 bits per heavy atom. The third-order valence-electron chi connectivity index (χ3n) is 3.77. The lowest BCUT2D eigenvalue weighted by molar-refractivity contribution is -0.115. The van der Waals surface area contributed by atoms with Crippen LogP contribution in [0, 0.1) is 0 Å². The van der Waals surface area contributed by atoms with Gasteiger partial charge in [0.25, 0.3) is 0 Å². The number of rotatable bonds is 4. The summed E-state index contributed by atoms with van der Waals surface area (Å²) in [4.78, 5) is 11.4. The fourth-order valence-electron chi connectivity index (χ4n) is 2.65. The van der Waals surface area contributed by atoms with Crippen LogP contribution < -0.4 is 15.8 Å². The van der Waals surface area contributed by atoms with E-state index in [4.69, 9.17) is 10.5 Å². The first-order valence-electron chi connectivity index (χ1n) is 6.97. The SMILES string of the molecule is COc1cccc(CC(N)c2ccc3c(c2)CC(=O)N3)c1. The maximum absolute atomic E-state index is 11.4. The van der Waals surface area contributed by atoms with Crippen molar-refractivity contribution in [3.63, 3.8) is 0 Å². The predicted molar refractivity (Wildman–Crippen MR) is 82.4 cm³/mol. The molecule has 4 heteroatoms. The molecule has 0 bridgehead atoms. The highest BCUT2D eigenvalue weighted by atomic mass is 16.5. The molecule has 0 aliphatic carbocycles. The molecule has 0 aromatic heterocycles. The van der Waals surface area contributed by atoms with Gasteiger partial charge in [0, 0.05) is 11.7 Å². The summed E-state index contributed by atoms with van der Waals surface area (Å²) >= 11 is 0. The van der Waals surface area contributed by atoms with Crippen LogP contribution in [0.25, 0.3) is 0 Å². The number of carbonyl (C=O) groups is 1. The van der Waals surface area contributed by atoms with Crippen LogP contribution in [0.3, 0.4) is 0 Å². The van der Waals surface area contributed by atoms with Crippen LogP contribution in [-0.4, -0.2) is 13.0 Å². The van der Waals surface area contributed by atoms with Crippen LogP contribution >= 0.6 is 0 Å². The van der Waals surface area contributed by atoms with Crippen LogP contribution in [0.15, 0.2) is 42.5 Å². The molecule has 1 amide bonds. The Morgan fingerprint density at radius 1 is 1.29 bits per heavy atom. The maximum atomic E-state index is 11.4. The third-order valence-corrected chi connectivity index (χ3v) is 3.77. The Balaban J connectivity index is 1.78. The Labute approximate surface area is 123 Å². The minimum atomic E-state index is -0.0990. The van der Waals surface area contributed by atoms with Gasteiger partial charge in [-0.05, 0) is 41.3 Å². The second-order valence-electron chi connectivity index (χ2n) is 5.30. The van der Waals surface area contributed by atoms with Crippen molar-refractivity contribution in [2.75, 3.05) is 12.4 Å². The molecule has 0 spiro atoms. The molecule has 108 valence electrons. The molecule has 2 aromatic carbocycles. The fourth-order valence-corrected chi connectivity index (χ4v) is 2.65. The molecular formula is C17H18N2O2. The van der Waals surface area contributed by atoms with Gasteiger partial charge in [-0.1, -0.05) is 24.3 Å². The van der Waals surface area contributed by atoms with Crippen molar-refractivity contribution in [3.05, 3.63) is 59.2 Å². The number of fused-ring (bicyclic) bond motifs is 1. The third kappa shape index (κ3) is 2.90. The standard InChI is InChI=1S/C17H18N2O2/c1-21-14-4-2-3-11(7-14)8-15(18)12-5-6-16-13(9-12)10-17(20)19-16/h2-7,9,15H,8,10,18H2,1H3,(H,19,20).